The number of nitrogens with zero attached hydrogens (tertiary/aromatic N) is 2. The van der Waals surface area contributed by atoms with Gasteiger partial charge < -0.3 is 18.9 Å². The lowest BCUT2D eigenvalue weighted by atomic mass is 9.95. The van der Waals surface area contributed by atoms with Crippen LogP contribution in [0.2, 0.25) is 0 Å². The Labute approximate surface area is 180 Å². The number of hydrogen-bond acceptors (Lipinski definition) is 6. The number of hydrazone groups is 1. The average molecular weight is 414 g/mol. The Morgan fingerprint density at radius 1 is 0.871 bits per heavy atom. The maximum absolute atomic E-state index is 6.44. The second-order valence-corrected chi connectivity index (χ2v) is 7.76. The third-order valence-electron chi connectivity index (χ3n) is 5.98. The van der Waals surface area contributed by atoms with Crippen LogP contribution in [0.1, 0.15) is 35.4 Å². The quantitative estimate of drug-likeness (QED) is 0.621. The van der Waals surface area contributed by atoms with Crippen LogP contribution < -0.4 is 18.9 Å². The van der Waals surface area contributed by atoms with Crippen molar-refractivity contribution in [1.82, 2.24) is 5.01 Å². The van der Waals surface area contributed by atoms with Gasteiger partial charge in [-0.05, 0) is 36.4 Å². The molecule has 0 spiro atoms. The molecule has 31 heavy (non-hydrogen) atoms. The molecule has 0 saturated heterocycles. The molecule has 6 nitrogen and oxygen atoms in total. The van der Waals surface area contributed by atoms with E-state index in [9.17, 15) is 0 Å². The Kier molecular flexibility index (Phi) is 4.23. The van der Waals surface area contributed by atoms with Crippen LogP contribution in [-0.4, -0.2) is 31.0 Å². The van der Waals surface area contributed by atoms with Gasteiger partial charge in [0.15, 0.2) is 11.5 Å². The fourth-order valence-corrected chi connectivity index (χ4v) is 4.51. The van der Waals surface area contributed by atoms with Gasteiger partial charge in [0.2, 0.25) is 6.23 Å². The first-order valence-electron chi connectivity index (χ1n) is 10.5. The summed E-state index contributed by atoms with van der Waals surface area (Å²) in [6.45, 7) is 1.15. The fourth-order valence-electron chi connectivity index (χ4n) is 4.51. The Balaban J connectivity index is 1.43. The van der Waals surface area contributed by atoms with Gasteiger partial charge in [0.05, 0.1) is 24.4 Å². The van der Waals surface area contributed by atoms with E-state index in [2.05, 4.69) is 17.1 Å². The molecular formula is C25H22N2O4. The second kappa shape index (κ2) is 7.23. The molecule has 0 aliphatic carbocycles. The van der Waals surface area contributed by atoms with Crippen LogP contribution in [0.25, 0.3) is 0 Å². The zero-order chi connectivity index (χ0) is 20.8. The lowest BCUT2D eigenvalue weighted by Crippen LogP contribution is -2.33. The van der Waals surface area contributed by atoms with Crippen LogP contribution in [0.3, 0.4) is 0 Å². The summed E-state index contributed by atoms with van der Waals surface area (Å²) in [5.74, 6) is 3.23. The Morgan fingerprint density at radius 3 is 2.52 bits per heavy atom. The zero-order valence-corrected chi connectivity index (χ0v) is 17.2. The molecule has 3 aromatic rings. The highest BCUT2D eigenvalue weighted by molar-refractivity contribution is 6.02. The number of para-hydroxylation sites is 2. The van der Waals surface area contributed by atoms with E-state index >= 15 is 0 Å². The van der Waals surface area contributed by atoms with Gasteiger partial charge in [-0.25, -0.2) is 5.01 Å². The Hall–Kier alpha value is -3.67. The van der Waals surface area contributed by atoms with E-state index in [0.29, 0.717) is 13.2 Å². The van der Waals surface area contributed by atoms with Crippen LogP contribution in [0.5, 0.6) is 23.0 Å². The van der Waals surface area contributed by atoms with E-state index in [1.54, 1.807) is 7.11 Å². The predicted molar refractivity (Wildman–Crippen MR) is 116 cm³/mol. The van der Waals surface area contributed by atoms with Gasteiger partial charge in [0.1, 0.15) is 24.7 Å². The molecule has 3 heterocycles. The number of hydrogen-bond donors (Lipinski definition) is 0. The second-order valence-electron chi connectivity index (χ2n) is 7.76. The Morgan fingerprint density at radius 2 is 1.65 bits per heavy atom. The SMILES string of the molecule is COc1ccccc1[C@H]1Oc2ccccc2[C@@H]2CC(c3ccc4c(c3)OCCO4)=NN12. The van der Waals surface area contributed by atoms with Gasteiger partial charge in [0, 0.05) is 17.5 Å². The molecule has 2 atom stereocenters. The standard InChI is InChI=1S/C25H22N2O4/c1-28-21-8-4-3-7-18(21)25-27-20(17-6-2-5-9-22(17)31-25)15-19(26-27)16-10-11-23-24(14-16)30-13-12-29-23/h2-11,14,20,25H,12-13,15H2,1H3/t20-,25+/m0/s1. The van der Waals surface area contributed by atoms with Crippen molar-refractivity contribution < 1.29 is 18.9 Å². The van der Waals surface area contributed by atoms with Crippen LogP contribution >= 0.6 is 0 Å². The third-order valence-corrected chi connectivity index (χ3v) is 5.98. The van der Waals surface area contributed by atoms with Crippen molar-refractivity contribution in [3.63, 3.8) is 0 Å². The first kappa shape index (κ1) is 18.1. The highest BCUT2D eigenvalue weighted by Crippen LogP contribution is 2.49. The number of methoxy groups -OCH3 is 1. The molecule has 0 bridgehead atoms. The lowest BCUT2D eigenvalue weighted by Gasteiger charge is -2.38. The third kappa shape index (κ3) is 2.98. The smallest absolute Gasteiger partial charge is 0.217 e. The van der Waals surface area contributed by atoms with Crippen LogP contribution in [0.15, 0.2) is 71.8 Å². The topological polar surface area (TPSA) is 52.5 Å². The first-order valence-corrected chi connectivity index (χ1v) is 10.5. The number of rotatable bonds is 3. The summed E-state index contributed by atoms with van der Waals surface area (Å²) in [7, 11) is 1.68. The van der Waals surface area contributed by atoms with Crippen molar-refractivity contribution in [1.29, 1.82) is 0 Å². The van der Waals surface area contributed by atoms with E-state index in [1.165, 1.54) is 0 Å². The molecule has 0 radical (unpaired) electrons. The molecule has 0 N–H and O–H groups in total. The molecule has 3 aromatic carbocycles. The van der Waals surface area contributed by atoms with Crippen LogP contribution in [0.4, 0.5) is 0 Å². The zero-order valence-electron chi connectivity index (χ0n) is 17.2. The van der Waals surface area contributed by atoms with E-state index in [1.807, 2.05) is 54.6 Å². The summed E-state index contributed by atoms with van der Waals surface area (Å²) in [4.78, 5) is 0. The van der Waals surface area contributed by atoms with E-state index < -0.39 is 0 Å². The molecule has 0 fully saturated rings. The van der Waals surface area contributed by atoms with E-state index in [-0.39, 0.29) is 12.3 Å². The minimum absolute atomic E-state index is 0.0862. The molecule has 3 aliphatic rings. The molecule has 6 rings (SSSR count). The van der Waals surface area contributed by atoms with Gasteiger partial charge in [0.25, 0.3) is 0 Å². The Bertz CT molecular complexity index is 1180. The van der Waals surface area contributed by atoms with Crippen LogP contribution in [-0.2, 0) is 0 Å². The van der Waals surface area contributed by atoms with Gasteiger partial charge >= 0.3 is 0 Å². The van der Waals surface area contributed by atoms with Gasteiger partial charge in [-0.2, -0.15) is 5.10 Å². The van der Waals surface area contributed by atoms with Crippen molar-refractivity contribution >= 4 is 5.71 Å². The summed E-state index contributed by atoms with van der Waals surface area (Å²) < 4.78 is 23.5. The van der Waals surface area contributed by atoms with E-state index in [0.717, 1.165) is 51.8 Å². The predicted octanol–water partition coefficient (Wildman–Crippen LogP) is 4.71. The average Bonchev–Trinajstić information content (AvgIpc) is 3.29. The van der Waals surface area contributed by atoms with Crippen molar-refractivity contribution in [2.45, 2.75) is 18.7 Å². The summed E-state index contributed by atoms with van der Waals surface area (Å²) in [5, 5.41) is 7.10. The van der Waals surface area contributed by atoms with Gasteiger partial charge in [-0.3, -0.25) is 0 Å². The highest BCUT2D eigenvalue weighted by Gasteiger charge is 2.41. The number of fused-ring (bicyclic) bond motifs is 4. The minimum Gasteiger partial charge on any atom is -0.496 e. The molecular weight excluding hydrogens is 392 g/mol. The maximum Gasteiger partial charge on any atom is 0.217 e. The maximum atomic E-state index is 6.44. The summed E-state index contributed by atoms with van der Waals surface area (Å²) in [6.07, 6.45) is 0.414. The molecule has 0 aromatic heterocycles. The molecule has 3 aliphatic heterocycles. The van der Waals surface area contributed by atoms with Crippen molar-refractivity contribution in [2.24, 2.45) is 5.10 Å². The highest BCUT2D eigenvalue weighted by atomic mass is 16.6. The van der Waals surface area contributed by atoms with Crippen molar-refractivity contribution in [3.05, 3.63) is 83.4 Å². The van der Waals surface area contributed by atoms with Gasteiger partial charge in [-0.15, -0.1) is 0 Å². The molecule has 0 unspecified atom stereocenters. The van der Waals surface area contributed by atoms with Crippen molar-refractivity contribution in [3.8, 4) is 23.0 Å². The minimum atomic E-state index is -0.370. The lowest BCUT2D eigenvalue weighted by molar-refractivity contribution is -0.0203. The van der Waals surface area contributed by atoms with E-state index in [4.69, 9.17) is 24.0 Å². The molecule has 156 valence electrons. The molecule has 0 saturated carbocycles. The van der Waals surface area contributed by atoms with Crippen molar-refractivity contribution in [2.75, 3.05) is 20.3 Å². The van der Waals surface area contributed by atoms with Crippen LogP contribution in [0, 0.1) is 0 Å². The molecule has 0 amide bonds. The monoisotopic (exact) mass is 414 g/mol. The summed E-state index contributed by atoms with van der Waals surface area (Å²) in [6, 6.07) is 22.3. The fraction of sp³-hybridized carbons (Fsp3) is 0.240. The normalized spacial score (nSPS) is 20.9. The van der Waals surface area contributed by atoms with Gasteiger partial charge in [-0.1, -0.05) is 30.3 Å². The summed E-state index contributed by atoms with van der Waals surface area (Å²) >= 11 is 0. The molecule has 6 heteroatoms. The number of benzene rings is 3. The largest absolute Gasteiger partial charge is 0.496 e. The number of ether oxygens (including phenoxy) is 4. The summed E-state index contributed by atoms with van der Waals surface area (Å²) in [5.41, 5.74) is 4.14. The first-order chi connectivity index (χ1) is 15.3.